The third-order valence-corrected chi connectivity index (χ3v) is 7.91. The van der Waals surface area contributed by atoms with Gasteiger partial charge in [-0.15, -0.1) is 0 Å². The lowest BCUT2D eigenvalue weighted by Crippen LogP contribution is -2.55. The zero-order chi connectivity index (χ0) is 24.3. The summed E-state index contributed by atoms with van der Waals surface area (Å²) in [6.45, 7) is 15.1. The summed E-state index contributed by atoms with van der Waals surface area (Å²) in [7, 11) is 0. The maximum absolute atomic E-state index is 13.3. The van der Waals surface area contributed by atoms with Crippen LogP contribution in [-0.2, 0) is 11.0 Å². The summed E-state index contributed by atoms with van der Waals surface area (Å²) in [5.74, 6) is 0. The standard InChI is InChI=1S/C27H30N6O.H2O/c1-7-10-15(2)26(20-11-8-13-22-24(20)30-32-28-22)18(5)16(3)17(4)19(6)27(26,34)21-12-9-14-23-25(21)31-33-29-23;/h8-9,11-14,34H,2,7,10H2,1,3-6H3,(H,28,30,32)(H,29,31,33);1H2. The molecule has 8 nitrogen and oxygen atoms in total. The van der Waals surface area contributed by atoms with E-state index in [2.05, 4.69) is 65.1 Å². The van der Waals surface area contributed by atoms with Crippen molar-refractivity contribution in [3.63, 3.8) is 0 Å². The van der Waals surface area contributed by atoms with E-state index in [9.17, 15) is 5.11 Å². The molecule has 0 saturated carbocycles. The molecule has 35 heavy (non-hydrogen) atoms. The minimum absolute atomic E-state index is 0. The minimum Gasteiger partial charge on any atom is -0.412 e. The summed E-state index contributed by atoms with van der Waals surface area (Å²) in [5, 5.41) is 36.4. The summed E-state index contributed by atoms with van der Waals surface area (Å²) in [6, 6.07) is 11.7. The third-order valence-electron chi connectivity index (χ3n) is 7.91. The fourth-order valence-electron chi connectivity index (χ4n) is 6.00. The fraction of sp³-hybridized carbons (Fsp3) is 0.333. The lowest BCUT2D eigenvalue weighted by Gasteiger charge is -2.54. The Hall–Kier alpha value is -3.62. The first kappa shape index (κ1) is 24.5. The molecule has 0 aliphatic heterocycles. The van der Waals surface area contributed by atoms with Gasteiger partial charge in [-0.1, -0.05) is 55.3 Å². The summed E-state index contributed by atoms with van der Waals surface area (Å²) < 4.78 is 0. The Morgan fingerprint density at radius 3 is 1.91 bits per heavy atom. The Labute approximate surface area is 204 Å². The maximum Gasteiger partial charge on any atom is 0.130 e. The van der Waals surface area contributed by atoms with Crippen molar-refractivity contribution in [2.45, 2.75) is 58.5 Å². The number of allylic oxidation sites excluding steroid dienone is 2. The molecule has 2 aromatic carbocycles. The molecule has 182 valence electrons. The largest absolute Gasteiger partial charge is 0.412 e. The van der Waals surface area contributed by atoms with Crippen molar-refractivity contribution >= 4 is 22.1 Å². The van der Waals surface area contributed by atoms with Gasteiger partial charge in [0.25, 0.3) is 0 Å². The molecule has 8 heteroatoms. The van der Waals surface area contributed by atoms with Crippen molar-refractivity contribution in [1.82, 2.24) is 30.8 Å². The van der Waals surface area contributed by atoms with E-state index in [4.69, 9.17) is 0 Å². The van der Waals surface area contributed by atoms with Crippen molar-refractivity contribution in [2.75, 3.05) is 0 Å². The topological polar surface area (TPSA) is 135 Å². The monoisotopic (exact) mass is 472 g/mol. The van der Waals surface area contributed by atoms with Gasteiger partial charge < -0.3 is 10.6 Å². The first-order valence-corrected chi connectivity index (χ1v) is 11.7. The van der Waals surface area contributed by atoms with E-state index in [1.54, 1.807) is 0 Å². The second kappa shape index (κ2) is 8.55. The zero-order valence-electron chi connectivity index (χ0n) is 20.8. The lowest BCUT2D eigenvalue weighted by molar-refractivity contribution is 0.0172. The number of fused-ring (bicyclic) bond motifs is 2. The molecule has 1 aliphatic rings. The van der Waals surface area contributed by atoms with E-state index in [-0.39, 0.29) is 5.48 Å². The number of rotatable bonds is 5. The molecular formula is C27H32N6O2. The van der Waals surface area contributed by atoms with Crippen molar-refractivity contribution < 1.29 is 10.6 Å². The predicted octanol–water partition coefficient (Wildman–Crippen LogP) is 4.57. The average Bonchev–Trinajstić information content (AvgIpc) is 3.51. The summed E-state index contributed by atoms with van der Waals surface area (Å²) in [5.41, 5.74) is 6.98. The number of H-pyrrole nitrogens is 2. The van der Waals surface area contributed by atoms with Crippen LogP contribution in [0, 0.1) is 0 Å². The number of hydrogen-bond acceptors (Lipinski definition) is 5. The number of para-hydroxylation sites is 2. The van der Waals surface area contributed by atoms with Gasteiger partial charge >= 0.3 is 0 Å². The molecule has 0 radical (unpaired) electrons. The smallest absolute Gasteiger partial charge is 0.130 e. The molecule has 2 atom stereocenters. The Kier molecular flexibility index (Phi) is 5.99. The number of aromatic nitrogens is 6. The van der Waals surface area contributed by atoms with Crippen molar-refractivity contribution in [1.29, 1.82) is 0 Å². The first-order valence-electron chi connectivity index (χ1n) is 11.7. The second-order valence-corrected chi connectivity index (χ2v) is 9.31. The molecule has 5 N–H and O–H groups in total. The van der Waals surface area contributed by atoms with Crippen LogP contribution in [0.25, 0.3) is 22.1 Å². The number of nitrogens with one attached hydrogen (secondary N) is 2. The van der Waals surface area contributed by atoms with Gasteiger partial charge in [0.05, 0.1) is 5.41 Å². The molecule has 2 unspecified atom stereocenters. The van der Waals surface area contributed by atoms with E-state index < -0.39 is 11.0 Å². The molecule has 0 amide bonds. The first-order chi connectivity index (χ1) is 16.3. The molecule has 5 rings (SSSR count). The molecule has 2 aromatic heterocycles. The second-order valence-electron chi connectivity index (χ2n) is 9.31. The SMILES string of the molecule is C=C(CCC)C1(c2cccc3n[nH]nc23)C(C)=C(C)C(C)=C(C)C1(O)c1cccc2n[nH]nc12.O. The van der Waals surface area contributed by atoms with Gasteiger partial charge in [-0.25, -0.2) is 0 Å². The van der Waals surface area contributed by atoms with Crippen molar-refractivity contribution in [3.05, 3.63) is 82.0 Å². The number of nitrogens with zero attached hydrogens (tertiary/aromatic N) is 4. The van der Waals surface area contributed by atoms with Crippen LogP contribution in [0.3, 0.4) is 0 Å². The Morgan fingerprint density at radius 1 is 0.829 bits per heavy atom. The van der Waals surface area contributed by atoms with Crippen LogP contribution in [0.5, 0.6) is 0 Å². The molecular weight excluding hydrogens is 440 g/mol. The third kappa shape index (κ3) is 3.00. The summed E-state index contributed by atoms with van der Waals surface area (Å²) in [6.07, 6.45) is 1.63. The fourth-order valence-corrected chi connectivity index (χ4v) is 6.00. The Morgan fingerprint density at radius 2 is 1.34 bits per heavy atom. The van der Waals surface area contributed by atoms with Crippen LogP contribution in [-0.4, -0.2) is 41.4 Å². The van der Waals surface area contributed by atoms with E-state index >= 15 is 0 Å². The van der Waals surface area contributed by atoms with Crippen LogP contribution in [0.4, 0.5) is 0 Å². The van der Waals surface area contributed by atoms with Gasteiger partial charge in [0.15, 0.2) is 0 Å². The molecule has 1 aliphatic carbocycles. The average molecular weight is 473 g/mol. The highest BCUT2D eigenvalue weighted by molar-refractivity contribution is 5.85. The van der Waals surface area contributed by atoms with Gasteiger partial charge in [-0.3, -0.25) is 0 Å². The Balaban J connectivity index is 0.00000289. The van der Waals surface area contributed by atoms with Gasteiger partial charge in [0.1, 0.15) is 27.7 Å². The summed E-state index contributed by atoms with van der Waals surface area (Å²) >= 11 is 0. The van der Waals surface area contributed by atoms with Crippen LogP contribution in [0.15, 0.2) is 70.8 Å². The van der Waals surface area contributed by atoms with Crippen LogP contribution >= 0.6 is 0 Å². The number of benzene rings is 2. The zero-order valence-corrected chi connectivity index (χ0v) is 20.8. The highest BCUT2D eigenvalue weighted by atomic mass is 16.3. The maximum atomic E-state index is 13.3. The molecule has 0 bridgehead atoms. The van der Waals surface area contributed by atoms with Crippen molar-refractivity contribution in [2.24, 2.45) is 0 Å². The number of aromatic amines is 2. The molecule has 0 saturated heterocycles. The number of hydrogen-bond donors (Lipinski definition) is 3. The number of aliphatic hydroxyl groups is 1. The quantitative estimate of drug-likeness (QED) is 0.366. The molecule has 0 fully saturated rings. The lowest BCUT2D eigenvalue weighted by atomic mass is 9.50. The predicted molar refractivity (Wildman–Crippen MR) is 138 cm³/mol. The highest BCUT2D eigenvalue weighted by Crippen LogP contribution is 2.61. The van der Waals surface area contributed by atoms with E-state index in [1.165, 1.54) is 0 Å². The minimum atomic E-state index is -1.48. The molecule has 2 heterocycles. The molecule has 0 spiro atoms. The van der Waals surface area contributed by atoms with Crippen LogP contribution in [0.2, 0.25) is 0 Å². The Bertz CT molecular complexity index is 1510. The molecule has 4 aromatic rings. The van der Waals surface area contributed by atoms with Crippen molar-refractivity contribution in [3.8, 4) is 0 Å². The van der Waals surface area contributed by atoms with Crippen LogP contribution < -0.4 is 0 Å². The van der Waals surface area contributed by atoms with Gasteiger partial charge in [-0.2, -0.15) is 30.8 Å². The highest BCUT2D eigenvalue weighted by Gasteiger charge is 2.60. The van der Waals surface area contributed by atoms with Gasteiger partial charge in [0, 0.05) is 5.56 Å². The van der Waals surface area contributed by atoms with Gasteiger partial charge in [0.2, 0.25) is 0 Å². The van der Waals surface area contributed by atoms with E-state index in [1.807, 2.05) is 43.3 Å². The van der Waals surface area contributed by atoms with Gasteiger partial charge in [-0.05, 0) is 68.5 Å². The van der Waals surface area contributed by atoms with E-state index in [0.717, 1.165) is 57.3 Å². The summed E-state index contributed by atoms with van der Waals surface area (Å²) in [4.78, 5) is 0. The van der Waals surface area contributed by atoms with E-state index in [0.29, 0.717) is 16.6 Å². The van der Waals surface area contributed by atoms with Crippen LogP contribution in [0.1, 0.15) is 58.6 Å². The normalized spacial score (nSPS) is 22.7.